The minimum Gasteiger partial charge on any atom is -0.481 e. The van der Waals surface area contributed by atoms with Gasteiger partial charge in [-0.3, -0.25) is 9.36 Å². The molecule has 0 aliphatic rings. The molecule has 112 valence electrons. The highest BCUT2D eigenvalue weighted by Crippen LogP contribution is 2.24. The first-order valence-electron chi connectivity index (χ1n) is 6.71. The Morgan fingerprint density at radius 2 is 2.00 bits per heavy atom. The van der Waals surface area contributed by atoms with Crippen LogP contribution in [0.4, 0.5) is 0 Å². The van der Waals surface area contributed by atoms with Crippen molar-refractivity contribution in [2.45, 2.75) is 46.6 Å². The Hall–Kier alpha value is -1.30. The van der Waals surface area contributed by atoms with Gasteiger partial charge in [-0.05, 0) is 33.4 Å². The van der Waals surface area contributed by atoms with Crippen LogP contribution in [0.2, 0.25) is 0 Å². The molecule has 0 aliphatic heterocycles. The lowest BCUT2D eigenvalue weighted by Gasteiger charge is -2.22. The maximum atomic E-state index is 12.1. The second-order valence-corrected chi connectivity index (χ2v) is 6.24. The van der Waals surface area contributed by atoms with Crippen LogP contribution in [-0.2, 0) is 4.79 Å². The molecule has 0 bridgehead atoms. The Balaban J connectivity index is 3.36. The van der Waals surface area contributed by atoms with Gasteiger partial charge in [0.05, 0.1) is 5.92 Å². The zero-order valence-electron chi connectivity index (χ0n) is 12.6. The summed E-state index contributed by atoms with van der Waals surface area (Å²) in [5.74, 6) is 0.220. The zero-order valence-corrected chi connectivity index (χ0v) is 13.5. The quantitative estimate of drug-likeness (QED) is 0.873. The van der Waals surface area contributed by atoms with Crippen molar-refractivity contribution in [2.24, 2.45) is 0 Å². The fourth-order valence-corrected chi connectivity index (χ4v) is 3.15. The van der Waals surface area contributed by atoms with Crippen molar-refractivity contribution in [2.75, 3.05) is 11.5 Å². The Labute approximate surface area is 123 Å². The number of rotatable bonds is 6. The number of aliphatic carboxylic acids is 1. The standard InChI is InChI=1S/C14H22N2O3S/c1-6-20-7-8(2)16-11(5)12(9(3)13(17)18)10(4)15-14(16)19/h8-9H,6-7H2,1-5H3,(H,17,18). The lowest BCUT2D eigenvalue weighted by molar-refractivity contribution is -0.138. The van der Waals surface area contributed by atoms with Gasteiger partial charge in [-0.25, -0.2) is 4.79 Å². The first-order valence-corrected chi connectivity index (χ1v) is 7.86. The predicted octanol–water partition coefficient (Wildman–Crippen LogP) is 2.36. The van der Waals surface area contributed by atoms with E-state index in [1.807, 2.05) is 6.92 Å². The van der Waals surface area contributed by atoms with Crippen LogP contribution in [0.25, 0.3) is 0 Å². The van der Waals surface area contributed by atoms with Crippen LogP contribution < -0.4 is 5.69 Å². The predicted molar refractivity (Wildman–Crippen MR) is 81.7 cm³/mol. The summed E-state index contributed by atoms with van der Waals surface area (Å²) in [6, 6.07) is 0.000273. The number of aromatic nitrogens is 2. The molecule has 20 heavy (non-hydrogen) atoms. The fourth-order valence-electron chi connectivity index (χ4n) is 2.42. The van der Waals surface area contributed by atoms with Gasteiger partial charge < -0.3 is 5.11 Å². The Morgan fingerprint density at radius 1 is 1.40 bits per heavy atom. The second kappa shape index (κ2) is 6.92. The van der Waals surface area contributed by atoms with Gasteiger partial charge in [0.2, 0.25) is 0 Å². The van der Waals surface area contributed by atoms with E-state index in [0.29, 0.717) is 17.0 Å². The third kappa shape index (κ3) is 3.42. The number of carboxylic acid groups (broad SMARTS) is 1. The molecule has 0 aromatic carbocycles. The number of carboxylic acids is 1. The molecule has 0 fully saturated rings. The normalized spacial score (nSPS) is 14.1. The second-order valence-electron chi connectivity index (χ2n) is 4.92. The molecule has 0 spiro atoms. The average molecular weight is 298 g/mol. The van der Waals surface area contributed by atoms with E-state index in [4.69, 9.17) is 0 Å². The molecular weight excluding hydrogens is 276 g/mol. The van der Waals surface area contributed by atoms with Crippen LogP contribution in [0.1, 0.15) is 49.7 Å². The minimum atomic E-state index is -0.904. The average Bonchev–Trinajstić information content (AvgIpc) is 2.35. The van der Waals surface area contributed by atoms with Gasteiger partial charge >= 0.3 is 11.7 Å². The van der Waals surface area contributed by atoms with Crippen LogP contribution in [0.5, 0.6) is 0 Å². The van der Waals surface area contributed by atoms with E-state index in [1.54, 1.807) is 37.1 Å². The van der Waals surface area contributed by atoms with Crippen LogP contribution in [-0.4, -0.2) is 32.1 Å². The molecule has 1 rings (SSSR count). The maximum Gasteiger partial charge on any atom is 0.348 e. The molecule has 0 aliphatic carbocycles. The van der Waals surface area contributed by atoms with E-state index in [1.165, 1.54) is 0 Å². The molecule has 0 amide bonds. The summed E-state index contributed by atoms with van der Waals surface area (Å²) in [6.45, 7) is 9.15. The van der Waals surface area contributed by atoms with Crippen LogP contribution in [0, 0.1) is 13.8 Å². The highest BCUT2D eigenvalue weighted by Gasteiger charge is 2.23. The SMILES string of the molecule is CCSCC(C)n1c(C)c(C(C)C(=O)O)c(C)nc1=O. The van der Waals surface area contributed by atoms with Crippen molar-refractivity contribution in [1.82, 2.24) is 9.55 Å². The largest absolute Gasteiger partial charge is 0.481 e. The highest BCUT2D eigenvalue weighted by molar-refractivity contribution is 7.99. The minimum absolute atomic E-state index is 0.000273. The summed E-state index contributed by atoms with van der Waals surface area (Å²) in [6.07, 6.45) is 0. The summed E-state index contributed by atoms with van der Waals surface area (Å²) in [5.41, 5.74) is 1.56. The van der Waals surface area contributed by atoms with E-state index in [0.717, 1.165) is 11.5 Å². The Morgan fingerprint density at radius 3 is 2.50 bits per heavy atom. The Kier molecular flexibility index (Phi) is 5.80. The molecule has 0 radical (unpaired) electrons. The number of carbonyl (C=O) groups is 1. The zero-order chi connectivity index (χ0) is 15.4. The molecule has 5 nitrogen and oxygen atoms in total. The van der Waals surface area contributed by atoms with E-state index in [2.05, 4.69) is 11.9 Å². The van der Waals surface area contributed by atoms with Crippen LogP contribution in [0.3, 0.4) is 0 Å². The molecule has 1 aromatic heterocycles. The first kappa shape index (κ1) is 16.8. The first-order chi connectivity index (χ1) is 9.31. The lowest BCUT2D eigenvalue weighted by atomic mass is 9.98. The van der Waals surface area contributed by atoms with Crippen LogP contribution >= 0.6 is 11.8 Å². The van der Waals surface area contributed by atoms with Gasteiger partial charge in [0.15, 0.2) is 0 Å². The molecule has 2 atom stereocenters. The summed E-state index contributed by atoms with van der Waals surface area (Å²) >= 11 is 1.75. The van der Waals surface area contributed by atoms with Gasteiger partial charge in [0, 0.05) is 28.7 Å². The van der Waals surface area contributed by atoms with E-state index in [9.17, 15) is 14.7 Å². The van der Waals surface area contributed by atoms with Crippen molar-refractivity contribution in [3.63, 3.8) is 0 Å². The van der Waals surface area contributed by atoms with Crippen LogP contribution in [0.15, 0.2) is 4.79 Å². The summed E-state index contributed by atoms with van der Waals surface area (Å²) in [4.78, 5) is 27.3. The number of thioether (sulfide) groups is 1. The van der Waals surface area contributed by atoms with Gasteiger partial charge in [0.25, 0.3) is 0 Å². The highest BCUT2D eigenvalue weighted by atomic mass is 32.2. The number of hydrogen-bond donors (Lipinski definition) is 1. The number of aryl methyl sites for hydroxylation is 1. The lowest BCUT2D eigenvalue weighted by Crippen LogP contribution is -2.32. The molecule has 6 heteroatoms. The monoisotopic (exact) mass is 298 g/mol. The molecule has 0 saturated carbocycles. The molecule has 1 aromatic rings. The topological polar surface area (TPSA) is 72.2 Å². The van der Waals surface area contributed by atoms with Gasteiger partial charge in [-0.1, -0.05) is 6.92 Å². The number of hydrogen-bond acceptors (Lipinski definition) is 4. The molecule has 1 N–H and O–H groups in total. The third-order valence-corrected chi connectivity index (χ3v) is 4.54. The van der Waals surface area contributed by atoms with Crippen molar-refractivity contribution in [1.29, 1.82) is 0 Å². The maximum absolute atomic E-state index is 12.1. The summed E-state index contributed by atoms with van der Waals surface area (Å²) < 4.78 is 1.62. The smallest absolute Gasteiger partial charge is 0.348 e. The number of nitrogens with zero attached hydrogens (tertiary/aromatic N) is 2. The fraction of sp³-hybridized carbons (Fsp3) is 0.643. The third-order valence-electron chi connectivity index (χ3n) is 3.42. The van der Waals surface area contributed by atoms with E-state index < -0.39 is 11.9 Å². The molecule has 2 unspecified atom stereocenters. The van der Waals surface area contributed by atoms with Gasteiger partial charge in [-0.15, -0.1) is 0 Å². The Bertz CT molecular complexity index is 554. The van der Waals surface area contributed by atoms with Crippen molar-refractivity contribution >= 4 is 17.7 Å². The molecule has 1 heterocycles. The van der Waals surface area contributed by atoms with Crippen molar-refractivity contribution < 1.29 is 9.90 Å². The molecular formula is C14H22N2O3S. The van der Waals surface area contributed by atoms with E-state index >= 15 is 0 Å². The van der Waals surface area contributed by atoms with Gasteiger partial charge in [-0.2, -0.15) is 16.7 Å². The van der Waals surface area contributed by atoms with Crippen molar-refractivity contribution in [3.05, 3.63) is 27.4 Å². The molecule has 0 saturated heterocycles. The summed E-state index contributed by atoms with van der Waals surface area (Å²) in [5, 5.41) is 9.21. The van der Waals surface area contributed by atoms with E-state index in [-0.39, 0.29) is 11.7 Å². The van der Waals surface area contributed by atoms with Gasteiger partial charge in [0.1, 0.15) is 0 Å². The van der Waals surface area contributed by atoms with Crippen molar-refractivity contribution in [3.8, 4) is 0 Å². The summed E-state index contributed by atoms with van der Waals surface area (Å²) in [7, 11) is 0.